The van der Waals surface area contributed by atoms with E-state index in [9.17, 15) is 4.79 Å². The Labute approximate surface area is 202 Å². The maximum Gasteiger partial charge on any atom is 0.294 e. The van der Waals surface area contributed by atoms with Gasteiger partial charge in [-0.15, -0.1) is 5.10 Å². The minimum Gasteiger partial charge on any atom is -0.378 e. The maximum atomic E-state index is 12.9. The van der Waals surface area contributed by atoms with E-state index in [1.54, 1.807) is 6.21 Å². The van der Waals surface area contributed by atoms with Gasteiger partial charge in [0.25, 0.3) is 5.91 Å². The molecule has 0 unspecified atom stereocenters. The monoisotopic (exact) mass is 473 g/mol. The normalized spacial score (nSPS) is 11.1. The van der Waals surface area contributed by atoms with Crippen LogP contribution in [0.4, 0.5) is 11.5 Å². The van der Waals surface area contributed by atoms with Crippen molar-refractivity contribution < 1.29 is 9.42 Å². The Bertz CT molecular complexity index is 1270. The Kier molecular flexibility index (Phi) is 7.46. The second-order valence-electron chi connectivity index (χ2n) is 7.82. The van der Waals surface area contributed by atoms with Crippen LogP contribution < -0.4 is 16.1 Å². The van der Waals surface area contributed by atoms with Crippen molar-refractivity contribution in [3.05, 3.63) is 65.9 Å². The third-order valence-corrected chi connectivity index (χ3v) is 5.25. The third kappa shape index (κ3) is 5.35. The molecule has 1 amide bonds. The molecule has 0 spiro atoms. The number of carbonyl (C=O) groups excluding carboxylic acids is 1. The van der Waals surface area contributed by atoms with Gasteiger partial charge in [0.15, 0.2) is 5.69 Å². The van der Waals surface area contributed by atoms with Crippen LogP contribution in [-0.4, -0.2) is 50.5 Å². The highest BCUT2D eigenvalue weighted by Crippen LogP contribution is 2.26. The molecule has 0 atom stereocenters. The van der Waals surface area contributed by atoms with Crippen molar-refractivity contribution >= 4 is 23.6 Å². The minimum absolute atomic E-state index is 0.0250. The first-order valence-corrected chi connectivity index (χ1v) is 11.4. The molecule has 4 rings (SSSR count). The van der Waals surface area contributed by atoms with E-state index in [4.69, 9.17) is 5.73 Å². The Morgan fingerprint density at radius 2 is 1.80 bits per heavy atom. The number of carbonyl (C=O) groups is 1. The summed E-state index contributed by atoms with van der Waals surface area (Å²) in [5.74, 6) is -0.369. The summed E-state index contributed by atoms with van der Waals surface area (Å²) in [6, 6.07) is 17.2. The molecule has 0 saturated carbocycles. The van der Waals surface area contributed by atoms with Crippen LogP contribution in [0.5, 0.6) is 0 Å². The quantitative estimate of drug-likeness (QED) is 0.264. The van der Waals surface area contributed by atoms with Gasteiger partial charge in [0.1, 0.15) is 5.69 Å². The predicted molar refractivity (Wildman–Crippen MR) is 133 cm³/mol. The second-order valence-corrected chi connectivity index (χ2v) is 7.82. The SMILES string of the molecule is CCCN(CCC)c1ccc(/C=N/NC(=O)c2nnn(-c3nonc3N)c2-c2ccccc2)cc1. The Hall–Kier alpha value is -4.54. The summed E-state index contributed by atoms with van der Waals surface area (Å²) >= 11 is 0. The summed E-state index contributed by atoms with van der Waals surface area (Å²) in [6.45, 7) is 6.37. The molecule has 2 heterocycles. The van der Waals surface area contributed by atoms with Crippen molar-refractivity contribution in [3.63, 3.8) is 0 Å². The molecule has 2 aromatic carbocycles. The summed E-state index contributed by atoms with van der Waals surface area (Å²) in [7, 11) is 0. The van der Waals surface area contributed by atoms with E-state index in [1.807, 2.05) is 42.5 Å². The van der Waals surface area contributed by atoms with Crippen LogP contribution in [-0.2, 0) is 0 Å². The maximum absolute atomic E-state index is 12.9. The summed E-state index contributed by atoms with van der Waals surface area (Å²) in [6.07, 6.45) is 3.76. The van der Waals surface area contributed by atoms with Gasteiger partial charge >= 0.3 is 0 Å². The van der Waals surface area contributed by atoms with Gasteiger partial charge in [-0.05, 0) is 40.9 Å². The van der Waals surface area contributed by atoms with Crippen LogP contribution in [0.25, 0.3) is 17.1 Å². The number of nitrogens with zero attached hydrogens (tertiary/aromatic N) is 7. The number of aromatic nitrogens is 5. The van der Waals surface area contributed by atoms with E-state index in [0.717, 1.165) is 31.5 Å². The molecule has 11 heteroatoms. The van der Waals surface area contributed by atoms with Crippen molar-refractivity contribution in [1.29, 1.82) is 0 Å². The van der Waals surface area contributed by atoms with E-state index in [0.29, 0.717) is 11.3 Å². The Morgan fingerprint density at radius 1 is 1.09 bits per heavy atom. The van der Waals surface area contributed by atoms with E-state index < -0.39 is 5.91 Å². The fraction of sp³-hybridized carbons (Fsp3) is 0.250. The summed E-state index contributed by atoms with van der Waals surface area (Å²) in [4.78, 5) is 15.3. The van der Waals surface area contributed by atoms with Gasteiger partial charge in [-0.1, -0.05) is 61.5 Å². The van der Waals surface area contributed by atoms with Crippen molar-refractivity contribution in [2.45, 2.75) is 26.7 Å². The number of amides is 1. The number of anilines is 2. The van der Waals surface area contributed by atoms with Gasteiger partial charge in [0, 0.05) is 24.3 Å². The van der Waals surface area contributed by atoms with Gasteiger partial charge in [0.2, 0.25) is 11.6 Å². The van der Waals surface area contributed by atoms with Gasteiger partial charge in [-0.3, -0.25) is 4.79 Å². The predicted octanol–water partition coefficient (Wildman–Crippen LogP) is 3.29. The first-order valence-electron chi connectivity index (χ1n) is 11.4. The van der Waals surface area contributed by atoms with Crippen LogP contribution in [0.2, 0.25) is 0 Å². The summed E-state index contributed by atoms with van der Waals surface area (Å²) in [5, 5.41) is 19.5. The number of nitrogens with one attached hydrogen (secondary N) is 1. The van der Waals surface area contributed by atoms with Gasteiger partial charge in [0.05, 0.1) is 6.21 Å². The molecule has 3 N–H and O–H groups in total. The molecule has 0 fully saturated rings. The van der Waals surface area contributed by atoms with Crippen LogP contribution in [0.15, 0.2) is 64.3 Å². The highest BCUT2D eigenvalue weighted by Gasteiger charge is 2.25. The number of nitrogen functional groups attached to an aromatic ring is 1. The van der Waals surface area contributed by atoms with E-state index in [2.05, 4.69) is 66.7 Å². The van der Waals surface area contributed by atoms with Crippen LogP contribution in [0.1, 0.15) is 42.7 Å². The summed E-state index contributed by atoms with van der Waals surface area (Å²) < 4.78 is 6.00. The molecular weight excluding hydrogens is 446 g/mol. The first kappa shape index (κ1) is 23.6. The second kappa shape index (κ2) is 11.1. The Morgan fingerprint density at radius 3 is 2.43 bits per heavy atom. The standard InChI is InChI=1S/C24H27N9O2/c1-3-14-32(15-4-2)19-12-10-17(11-13-19)16-26-28-24(34)20-21(18-8-6-5-7-9-18)33(31-27-20)23-22(25)29-35-30-23/h5-13,16H,3-4,14-15H2,1-2H3,(H2,25,29)(H,28,34)/b26-16+. The fourth-order valence-electron chi connectivity index (χ4n) is 3.68. The zero-order chi connectivity index (χ0) is 24.6. The molecule has 0 saturated heterocycles. The van der Waals surface area contributed by atoms with Gasteiger partial charge in [-0.25, -0.2) is 10.1 Å². The van der Waals surface area contributed by atoms with Crippen LogP contribution in [0, 0.1) is 0 Å². The number of benzene rings is 2. The Balaban J connectivity index is 1.53. The number of hydrogen-bond acceptors (Lipinski definition) is 9. The highest BCUT2D eigenvalue weighted by molar-refractivity contribution is 5.98. The topological polar surface area (TPSA) is 140 Å². The van der Waals surface area contributed by atoms with E-state index in [1.165, 1.54) is 10.4 Å². The molecule has 0 aliphatic rings. The van der Waals surface area contributed by atoms with Gasteiger partial charge in [-0.2, -0.15) is 9.78 Å². The van der Waals surface area contributed by atoms with Crippen LogP contribution >= 0.6 is 0 Å². The molecule has 180 valence electrons. The van der Waals surface area contributed by atoms with E-state index in [-0.39, 0.29) is 17.3 Å². The molecule has 0 aliphatic carbocycles. The molecule has 11 nitrogen and oxygen atoms in total. The third-order valence-electron chi connectivity index (χ3n) is 5.25. The number of hydrogen-bond donors (Lipinski definition) is 2. The van der Waals surface area contributed by atoms with Crippen molar-refractivity contribution in [3.8, 4) is 17.1 Å². The minimum atomic E-state index is -0.532. The molecule has 4 aromatic rings. The number of nitrogens with two attached hydrogens (primary N) is 1. The van der Waals surface area contributed by atoms with Gasteiger partial charge < -0.3 is 10.6 Å². The zero-order valence-corrected chi connectivity index (χ0v) is 19.6. The smallest absolute Gasteiger partial charge is 0.294 e. The molecule has 0 radical (unpaired) electrons. The molecule has 0 aliphatic heterocycles. The first-order chi connectivity index (χ1) is 17.1. The fourth-order valence-corrected chi connectivity index (χ4v) is 3.68. The summed E-state index contributed by atoms with van der Waals surface area (Å²) in [5.41, 5.74) is 11.5. The molecule has 35 heavy (non-hydrogen) atoms. The molecular formula is C24H27N9O2. The number of hydrazone groups is 1. The lowest BCUT2D eigenvalue weighted by Crippen LogP contribution is -2.24. The average Bonchev–Trinajstić information content (AvgIpc) is 3.51. The lowest BCUT2D eigenvalue weighted by molar-refractivity contribution is 0.0950. The highest BCUT2D eigenvalue weighted by atomic mass is 16.6. The largest absolute Gasteiger partial charge is 0.378 e. The van der Waals surface area contributed by atoms with Crippen molar-refractivity contribution in [2.24, 2.45) is 5.10 Å². The lowest BCUT2D eigenvalue weighted by Gasteiger charge is -2.23. The van der Waals surface area contributed by atoms with E-state index >= 15 is 0 Å². The van der Waals surface area contributed by atoms with Crippen LogP contribution in [0.3, 0.4) is 0 Å². The molecule has 2 aromatic heterocycles. The zero-order valence-electron chi connectivity index (χ0n) is 19.6. The average molecular weight is 474 g/mol. The molecule has 0 bridgehead atoms. The lowest BCUT2D eigenvalue weighted by atomic mass is 10.1. The number of rotatable bonds is 10. The van der Waals surface area contributed by atoms with Crippen molar-refractivity contribution in [2.75, 3.05) is 23.7 Å². The van der Waals surface area contributed by atoms with Crippen molar-refractivity contribution in [1.82, 2.24) is 30.7 Å².